The molecule has 0 spiro atoms. The van der Waals surface area contributed by atoms with Crippen molar-refractivity contribution in [2.75, 3.05) is 10.6 Å². The molecular weight excluding hydrogens is 286 g/mol. The number of amides is 1. The third-order valence-electron chi connectivity index (χ3n) is 3.68. The Morgan fingerprint density at radius 1 is 0.952 bits per heavy atom. The average molecular weight is 296 g/mol. The lowest BCUT2D eigenvalue weighted by Gasteiger charge is -2.05. The first-order chi connectivity index (χ1) is 10.1. The number of rotatable bonds is 0. The first kappa shape index (κ1) is 12.2. The molecule has 21 heavy (non-hydrogen) atoms. The maximum atomic E-state index is 12.3. The third kappa shape index (κ3) is 1.69. The number of anilines is 2. The highest BCUT2D eigenvalue weighted by Crippen LogP contribution is 2.39. The molecule has 0 fully saturated rings. The zero-order valence-electron chi connectivity index (χ0n) is 10.8. The van der Waals surface area contributed by atoms with Gasteiger partial charge in [-0.25, -0.2) is 0 Å². The first-order valence-corrected chi connectivity index (χ1v) is 6.84. The normalized spacial score (nSPS) is 19.1. The summed E-state index contributed by atoms with van der Waals surface area (Å²) < 4.78 is 0. The summed E-state index contributed by atoms with van der Waals surface area (Å²) in [6, 6.07) is 12.8. The van der Waals surface area contributed by atoms with Crippen LogP contribution in [0.4, 0.5) is 11.4 Å². The van der Waals surface area contributed by atoms with E-state index in [0.717, 1.165) is 16.8 Å². The second kappa shape index (κ2) is 4.20. The molecule has 0 aromatic heterocycles. The van der Waals surface area contributed by atoms with Gasteiger partial charge in [0.15, 0.2) is 0 Å². The summed E-state index contributed by atoms with van der Waals surface area (Å²) >= 11 is 5.95. The number of allylic oxidation sites excluding steroid dienone is 1. The molecule has 2 aliphatic rings. The summed E-state index contributed by atoms with van der Waals surface area (Å²) in [4.78, 5) is 12.3. The predicted octanol–water partition coefficient (Wildman–Crippen LogP) is 3.50. The number of carbonyl (C=O) groups excluding carboxylic acids is 1. The highest BCUT2D eigenvalue weighted by molar-refractivity contribution is 6.40. The summed E-state index contributed by atoms with van der Waals surface area (Å²) in [5.74, 6) is -0.215. The molecule has 2 aliphatic heterocycles. The topological polar surface area (TPSA) is 65.0 Å². The molecule has 2 aromatic rings. The standard InChI is InChI=1S/C16H10ClN3O/c17-8-5-6-9-12(7-8)20-16(21)13(9)15-14(18)10-3-1-2-4-11(10)19-15/h1-7,18-19H,(H,20,21)/b15-13-,18-14?. The molecule has 5 heteroatoms. The Balaban J connectivity index is 1.92. The van der Waals surface area contributed by atoms with Crippen molar-refractivity contribution < 1.29 is 4.79 Å². The van der Waals surface area contributed by atoms with Crippen LogP contribution in [0.2, 0.25) is 5.02 Å². The molecular formula is C16H10ClN3O. The zero-order valence-corrected chi connectivity index (χ0v) is 11.6. The molecule has 2 aromatic carbocycles. The van der Waals surface area contributed by atoms with Crippen molar-refractivity contribution in [1.29, 1.82) is 5.41 Å². The van der Waals surface area contributed by atoms with E-state index >= 15 is 0 Å². The Morgan fingerprint density at radius 2 is 1.76 bits per heavy atom. The fourth-order valence-electron chi connectivity index (χ4n) is 2.72. The lowest BCUT2D eigenvalue weighted by molar-refractivity contribution is -0.110. The lowest BCUT2D eigenvalue weighted by atomic mass is 10.0. The smallest absolute Gasteiger partial charge is 0.258 e. The van der Waals surface area contributed by atoms with Crippen LogP contribution in [0.25, 0.3) is 5.57 Å². The van der Waals surface area contributed by atoms with Crippen molar-refractivity contribution in [3.05, 3.63) is 64.3 Å². The molecule has 0 saturated carbocycles. The highest BCUT2D eigenvalue weighted by Gasteiger charge is 2.32. The van der Waals surface area contributed by atoms with Gasteiger partial charge in [-0.15, -0.1) is 0 Å². The van der Waals surface area contributed by atoms with Crippen molar-refractivity contribution >= 4 is 40.2 Å². The minimum atomic E-state index is -0.215. The second-order valence-electron chi connectivity index (χ2n) is 4.94. The second-order valence-corrected chi connectivity index (χ2v) is 5.38. The van der Waals surface area contributed by atoms with Crippen molar-refractivity contribution in [1.82, 2.24) is 0 Å². The van der Waals surface area contributed by atoms with E-state index in [1.165, 1.54) is 0 Å². The number of carbonyl (C=O) groups is 1. The first-order valence-electron chi connectivity index (χ1n) is 6.46. The van der Waals surface area contributed by atoms with Gasteiger partial charge in [-0.1, -0.05) is 35.9 Å². The molecule has 102 valence electrons. The maximum absolute atomic E-state index is 12.3. The van der Waals surface area contributed by atoms with Crippen molar-refractivity contribution in [3.8, 4) is 0 Å². The van der Waals surface area contributed by atoms with Crippen LogP contribution in [0.3, 0.4) is 0 Å². The molecule has 4 nitrogen and oxygen atoms in total. The van der Waals surface area contributed by atoms with E-state index in [-0.39, 0.29) is 5.91 Å². The molecule has 0 unspecified atom stereocenters. The van der Waals surface area contributed by atoms with Gasteiger partial charge >= 0.3 is 0 Å². The van der Waals surface area contributed by atoms with Gasteiger partial charge in [-0.2, -0.15) is 0 Å². The number of para-hydroxylation sites is 1. The van der Waals surface area contributed by atoms with Crippen LogP contribution in [0.5, 0.6) is 0 Å². The van der Waals surface area contributed by atoms with E-state index in [2.05, 4.69) is 10.6 Å². The van der Waals surface area contributed by atoms with Crippen LogP contribution >= 0.6 is 11.6 Å². The van der Waals surface area contributed by atoms with E-state index in [1.54, 1.807) is 18.2 Å². The number of hydrogen-bond donors (Lipinski definition) is 3. The summed E-state index contributed by atoms with van der Waals surface area (Å²) in [5, 5.41) is 14.8. The fourth-order valence-corrected chi connectivity index (χ4v) is 2.89. The van der Waals surface area contributed by atoms with Gasteiger partial charge in [0, 0.05) is 21.8 Å². The van der Waals surface area contributed by atoms with Gasteiger partial charge in [-0.05, 0) is 18.2 Å². The largest absolute Gasteiger partial charge is 0.353 e. The predicted molar refractivity (Wildman–Crippen MR) is 83.9 cm³/mol. The van der Waals surface area contributed by atoms with E-state index in [4.69, 9.17) is 17.0 Å². The van der Waals surface area contributed by atoms with Crippen LogP contribution in [0.1, 0.15) is 11.1 Å². The average Bonchev–Trinajstić information content (AvgIpc) is 2.95. The number of halogens is 1. The number of hydrogen-bond acceptors (Lipinski definition) is 3. The Labute approximate surface area is 125 Å². The van der Waals surface area contributed by atoms with Gasteiger partial charge < -0.3 is 10.6 Å². The van der Waals surface area contributed by atoms with Crippen LogP contribution < -0.4 is 10.6 Å². The third-order valence-corrected chi connectivity index (χ3v) is 3.92. The van der Waals surface area contributed by atoms with Gasteiger partial charge in [0.05, 0.1) is 22.7 Å². The molecule has 0 radical (unpaired) electrons. The van der Waals surface area contributed by atoms with Crippen molar-refractivity contribution in [2.45, 2.75) is 0 Å². The van der Waals surface area contributed by atoms with Crippen molar-refractivity contribution in [2.24, 2.45) is 0 Å². The minimum Gasteiger partial charge on any atom is -0.353 e. The fraction of sp³-hybridized carbons (Fsp3) is 0. The molecule has 0 aliphatic carbocycles. The van der Waals surface area contributed by atoms with Crippen molar-refractivity contribution in [3.63, 3.8) is 0 Å². The lowest BCUT2D eigenvalue weighted by Crippen LogP contribution is -2.11. The van der Waals surface area contributed by atoms with Crippen LogP contribution in [-0.4, -0.2) is 11.6 Å². The van der Waals surface area contributed by atoms with E-state index in [0.29, 0.717) is 27.7 Å². The van der Waals surface area contributed by atoms with Gasteiger partial charge in [0.1, 0.15) is 0 Å². The summed E-state index contributed by atoms with van der Waals surface area (Å²) in [5.41, 5.74) is 4.46. The van der Waals surface area contributed by atoms with Crippen LogP contribution in [0.15, 0.2) is 48.2 Å². The summed E-state index contributed by atoms with van der Waals surface area (Å²) in [6.45, 7) is 0. The highest BCUT2D eigenvalue weighted by atomic mass is 35.5. The number of fused-ring (bicyclic) bond motifs is 2. The van der Waals surface area contributed by atoms with E-state index in [1.807, 2.05) is 24.3 Å². The summed E-state index contributed by atoms with van der Waals surface area (Å²) in [7, 11) is 0. The van der Waals surface area contributed by atoms with E-state index in [9.17, 15) is 4.79 Å². The quantitative estimate of drug-likeness (QED) is 0.651. The van der Waals surface area contributed by atoms with Crippen LogP contribution in [0, 0.1) is 5.41 Å². The number of nitrogens with one attached hydrogen (secondary N) is 3. The van der Waals surface area contributed by atoms with Gasteiger partial charge in [-0.3, -0.25) is 10.2 Å². The van der Waals surface area contributed by atoms with Gasteiger partial charge in [0.2, 0.25) is 0 Å². The molecule has 2 heterocycles. The molecule has 4 rings (SSSR count). The summed E-state index contributed by atoms with van der Waals surface area (Å²) in [6.07, 6.45) is 0. The Kier molecular flexibility index (Phi) is 2.43. The maximum Gasteiger partial charge on any atom is 0.258 e. The SMILES string of the molecule is N=C1/C(=C2/C(=O)Nc3cc(Cl)ccc32)Nc2ccccc21. The Morgan fingerprint density at radius 3 is 2.57 bits per heavy atom. The monoisotopic (exact) mass is 295 g/mol. The van der Waals surface area contributed by atoms with Gasteiger partial charge in [0.25, 0.3) is 5.91 Å². The van der Waals surface area contributed by atoms with E-state index < -0.39 is 0 Å². The minimum absolute atomic E-state index is 0.215. The number of benzene rings is 2. The molecule has 0 atom stereocenters. The molecule has 0 bridgehead atoms. The van der Waals surface area contributed by atoms with Crippen LogP contribution in [-0.2, 0) is 4.79 Å². The Hall–Kier alpha value is -2.59. The zero-order chi connectivity index (χ0) is 14.6. The Bertz CT molecular complexity index is 854. The molecule has 3 N–H and O–H groups in total. The molecule has 0 saturated heterocycles. The molecule has 1 amide bonds.